The summed E-state index contributed by atoms with van der Waals surface area (Å²) in [6.07, 6.45) is 1.95. The lowest BCUT2D eigenvalue weighted by molar-refractivity contribution is 0.379. The first kappa shape index (κ1) is 53.2. The largest absolute Gasteiger partial charge is 0.467 e. The summed E-state index contributed by atoms with van der Waals surface area (Å²) in [6.45, 7) is 28.5. The Morgan fingerprint density at radius 2 is 0.574 bits per heavy atom. The molecule has 4 heterocycles. The van der Waals surface area contributed by atoms with Crippen molar-refractivity contribution in [2.45, 2.75) is 125 Å². The van der Waals surface area contributed by atoms with Crippen LogP contribution in [0, 0.1) is 0 Å². The molecule has 0 saturated heterocycles. The van der Waals surface area contributed by atoms with Crippen LogP contribution >= 0.6 is 11.8 Å². The van der Waals surface area contributed by atoms with Crippen LogP contribution in [-0.4, -0.2) is 137 Å². The molecular weight excluding hydrogens is 805 g/mol. The second-order valence-electron chi connectivity index (χ2n) is 14.0. The third kappa shape index (κ3) is 23.5. The summed E-state index contributed by atoms with van der Waals surface area (Å²) < 4.78 is 14.9. The van der Waals surface area contributed by atoms with E-state index < -0.39 is 0 Å². The quantitative estimate of drug-likeness (QED) is 0.0499. The van der Waals surface area contributed by atoms with Crippen LogP contribution in [0.1, 0.15) is 90.0 Å². The van der Waals surface area contributed by atoms with Gasteiger partial charge in [-0.1, -0.05) is 11.8 Å². The molecule has 24 heteroatoms. The first-order valence-electron chi connectivity index (χ1n) is 20.2. The van der Waals surface area contributed by atoms with Crippen molar-refractivity contribution in [3.05, 3.63) is 0 Å². The number of hydrogen-bond acceptors (Lipinski definition) is 24. The maximum atomic E-state index is 5.02. The summed E-state index contributed by atoms with van der Waals surface area (Å²) in [6, 6.07) is 2.34. The van der Waals surface area contributed by atoms with Crippen molar-refractivity contribution in [2.24, 2.45) is 0 Å². The van der Waals surface area contributed by atoms with E-state index in [0.29, 0.717) is 77.7 Å². The lowest BCUT2D eigenvalue weighted by Crippen LogP contribution is -2.17. The molecule has 0 fully saturated rings. The van der Waals surface area contributed by atoms with Gasteiger partial charge in [-0.2, -0.15) is 59.8 Å². The van der Waals surface area contributed by atoms with Gasteiger partial charge in [-0.3, -0.25) is 0 Å². The number of thioether (sulfide) groups is 1. The molecule has 0 aliphatic carbocycles. The van der Waals surface area contributed by atoms with E-state index in [2.05, 4.69) is 130 Å². The van der Waals surface area contributed by atoms with E-state index in [9.17, 15) is 0 Å². The number of aromatic nitrogens is 12. The molecule has 0 unspecified atom stereocenters. The van der Waals surface area contributed by atoms with Crippen molar-refractivity contribution >= 4 is 59.3 Å². The number of methoxy groups -OCH3 is 3. The van der Waals surface area contributed by atoms with Crippen molar-refractivity contribution in [3.8, 4) is 18.0 Å². The zero-order chi connectivity index (χ0) is 45.9. The van der Waals surface area contributed by atoms with Crippen molar-refractivity contribution in [1.29, 1.82) is 0 Å². The highest BCUT2D eigenvalue weighted by Gasteiger charge is 2.10. The third-order valence-electron chi connectivity index (χ3n) is 6.28. The summed E-state index contributed by atoms with van der Waals surface area (Å²) in [5.74, 6) is 4.37. The van der Waals surface area contributed by atoms with E-state index in [0.717, 1.165) is 24.8 Å². The molecule has 8 N–H and O–H groups in total. The fourth-order valence-electron chi connectivity index (χ4n) is 4.12. The number of nitrogens with one attached hydrogen (secondary N) is 8. The normalized spacial score (nSPS) is 10.4. The monoisotopic (exact) mass is 875 g/mol. The Balaban J connectivity index is 0.000000407. The average Bonchev–Trinajstić information content (AvgIpc) is 3.17. The molecule has 4 aromatic heterocycles. The minimum absolute atomic E-state index is 0.263. The summed E-state index contributed by atoms with van der Waals surface area (Å²) >= 11 is 1.51. The lowest BCUT2D eigenvalue weighted by Gasteiger charge is -2.12. The molecule has 23 nitrogen and oxygen atoms in total. The predicted molar refractivity (Wildman–Crippen MR) is 247 cm³/mol. The Morgan fingerprint density at radius 1 is 0.361 bits per heavy atom. The topological polar surface area (TPSA) is 279 Å². The number of rotatable bonds is 20. The molecule has 4 rings (SSSR count). The van der Waals surface area contributed by atoms with E-state index >= 15 is 0 Å². The third-order valence-corrected chi connectivity index (χ3v) is 6.83. The van der Waals surface area contributed by atoms with E-state index in [1.54, 1.807) is 0 Å². The Morgan fingerprint density at radius 3 is 0.787 bits per heavy atom. The minimum atomic E-state index is 0.263. The fraction of sp³-hybridized carbons (Fsp3) is 0.676. The summed E-state index contributed by atoms with van der Waals surface area (Å²) in [5, 5.41) is 25.4. The van der Waals surface area contributed by atoms with Crippen molar-refractivity contribution in [2.75, 3.05) is 89.8 Å². The standard InChI is InChI=1S/C10H19N5O.C10H19N5S.C9H17N5O.C8H15N5O/c2*1-6(2)11-8-13-9(12-7(3)4)15-10(14-8)16-5;1-5-10-7-12-8(11-6(2)3)14-9(13-7)15-4;1-4-9-6-11-7(10-5-2)13-8(12-6)14-3/h2*6-7H,1-5H3,(H2,11,12,13,14,15);6H,5H2,1-4H3,(H2,10,11,12,13,14);4-5H2,1-3H3,(H2,9,10,11,12,13). The summed E-state index contributed by atoms with van der Waals surface area (Å²) in [4.78, 5) is 49.8. The second-order valence-corrected chi connectivity index (χ2v) is 14.7. The lowest BCUT2D eigenvalue weighted by atomic mass is 10.4. The molecular formula is C37H70N20O3S. The van der Waals surface area contributed by atoms with E-state index in [4.69, 9.17) is 14.2 Å². The SMILES string of the molecule is CCNc1nc(NC(C)C)nc(OC)n1.CCNc1nc(NCC)nc(OC)n1.COc1nc(NC(C)C)nc(NC(C)C)n1.CSc1nc(NC(C)C)nc(NC(C)C)n1. The minimum Gasteiger partial charge on any atom is -0.467 e. The van der Waals surface area contributed by atoms with Crippen molar-refractivity contribution < 1.29 is 14.2 Å². The highest BCUT2D eigenvalue weighted by atomic mass is 32.2. The van der Waals surface area contributed by atoms with Crippen LogP contribution < -0.4 is 56.7 Å². The van der Waals surface area contributed by atoms with Gasteiger partial charge in [0, 0.05) is 49.8 Å². The van der Waals surface area contributed by atoms with Gasteiger partial charge in [0.1, 0.15) is 0 Å². The Bertz CT molecular complexity index is 1660. The van der Waals surface area contributed by atoms with Gasteiger partial charge >= 0.3 is 18.0 Å². The van der Waals surface area contributed by atoms with Crippen LogP contribution in [0.3, 0.4) is 0 Å². The Labute approximate surface area is 365 Å². The highest BCUT2D eigenvalue weighted by molar-refractivity contribution is 7.98. The predicted octanol–water partition coefficient (Wildman–Crippen LogP) is 5.63. The highest BCUT2D eigenvalue weighted by Crippen LogP contribution is 2.16. The van der Waals surface area contributed by atoms with Crippen LogP contribution in [0.25, 0.3) is 0 Å². The number of nitrogens with zero attached hydrogens (tertiary/aromatic N) is 12. The van der Waals surface area contributed by atoms with Crippen molar-refractivity contribution in [3.63, 3.8) is 0 Å². The molecule has 0 amide bonds. The van der Waals surface area contributed by atoms with E-state index in [-0.39, 0.29) is 18.1 Å². The molecule has 342 valence electrons. The van der Waals surface area contributed by atoms with Crippen LogP contribution in [0.15, 0.2) is 5.16 Å². The van der Waals surface area contributed by atoms with Crippen molar-refractivity contribution in [1.82, 2.24) is 59.8 Å². The zero-order valence-electron chi connectivity index (χ0n) is 39.0. The maximum absolute atomic E-state index is 5.02. The fourth-order valence-corrected chi connectivity index (χ4v) is 4.47. The number of anilines is 8. The summed E-state index contributed by atoms with van der Waals surface area (Å²) in [7, 11) is 4.60. The zero-order valence-corrected chi connectivity index (χ0v) is 39.8. The van der Waals surface area contributed by atoms with Gasteiger partial charge < -0.3 is 56.7 Å². The Kier molecular flexibility index (Phi) is 25.7. The summed E-state index contributed by atoms with van der Waals surface area (Å²) in [5.41, 5.74) is 0. The van der Waals surface area contributed by atoms with E-state index in [1.165, 1.54) is 33.1 Å². The first-order chi connectivity index (χ1) is 29.0. The molecule has 0 aliphatic rings. The molecule has 0 bridgehead atoms. The maximum Gasteiger partial charge on any atom is 0.322 e. The Hall–Kier alpha value is -5.81. The van der Waals surface area contributed by atoms with Gasteiger partial charge in [0.05, 0.1) is 21.3 Å². The molecule has 0 aromatic carbocycles. The van der Waals surface area contributed by atoms with Crippen LogP contribution in [0.5, 0.6) is 18.0 Å². The molecule has 0 radical (unpaired) electrons. The number of hydrogen-bond donors (Lipinski definition) is 8. The molecule has 61 heavy (non-hydrogen) atoms. The van der Waals surface area contributed by atoms with Gasteiger partial charge in [0.15, 0.2) is 5.16 Å². The van der Waals surface area contributed by atoms with Crippen LogP contribution in [0.4, 0.5) is 47.6 Å². The molecule has 4 aromatic rings. The van der Waals surface area contributed by atoms with Gasteiger partial charge in [-0.05, 0) is 96.3 Å². The van der Waals surface area contributed by atoms with E-state index in [1.807, 2.05) is 68.6 Å². The average molecular weight is 875 g/mol. The molecule has 0 aliphatic heterocycles. The molecule has 0 spiro atoms. The van der Waals surface area contributed by atoms with Crippen LogP contribution in [0.2, 0.25) is 0 Å². The first-order valence-corrected chi connectivity index (χ1v) is 21.4. The molecule has 0 saturated carbocycles. The molecule has 0 atom stereocenters. The smallest absolute Gasteiger partial charge is 0.322 e. The van der Waals surface area contributed by atoms with Gasteiger partial charge in [-0.25, -0.2) is 0 Å². The van der Waals surface area contributed by atoms with Gasteiger partial charge in [0.25, 0.3) is 0 Å². The van der Waals surface area contributed by atoms with Gasteiger partial charge in [-0.15, -0.1) is 0 Å². The second kappa shape index (κ2) is 29.4. The number of ether oxygens (including phenoxy) is 3. The van der Waals surface area contributed by atoms with Crippen LogP contribution in [-0.2, 0) is 0 Å². The van der Waals surface area contributed by atoms with Gasteiger partial charge in [0.2, 0.25) is 47.6 Å².